The average Bonchev–Trinajstić information content (AvgIpc) is 2.81. The Bertz CT molecular complexity index is 1050. The van der Waals surface area contributed by atoms with Crippen molar-refractivity contribution in [3.63, 3.8) is 0 Å². The molecule has 198 valence electrons. The predicted octanol–water partition coefficient (Wildman–Crippen LogP) is 5.25. The molecule has 5 heteroatoms. The number of rotatable bonds is 2. The maximum atomic E-state index is 14.2. The van der Waals surface area contributed by atoms with Gasteiger partial charge in [0.05, 0.1) is 18.3 Å². The first-order valence-electron chi connectivity index (χ1n) is 14.2. The number of allylic oxidation sites excluding steroid dienone is 2. The molecule has 0 radical (unpaired) electrons. The van der Waals surface area contributed by atoms with Crippen molar-refractivity contribution in [1.29, 1.82) is 5.26 Å². The summed E-state index contributed by atoms with van der Waals surface area (Å²) in [5.74, 6) is 0.707. The minimum absolute atomic E-state index is 0.0547. The Hall–Kier alpha value is -1.51. The van der Waals surface area contributed by atoms with Gasteiger partial charge in [0.2, 0.25) is 0 Å². The van der Waals surface area contributed by atoms with Crippen LogP contribution in [0.1, 0.15) is 92.9 Å². The molecule has 9 unspecified atom stereocenters. The van der Waals surface area contributed by atoms with Crippen molar-refractivity contribution in [3.8, 4) is 6.07 Å². The molecule has 0 saturated heterocycles. The van der Waals surface area contributed by atoms with Gasteiger partial charge in [-0.25, -0.2) is 0 Å². The largest absolute Gasteiger partial charge is 0.394 e. The topological polar surface area (TPSA) is 98.4 Å². The molecule has 0 aromatic heterocycles. The number of carbonyl (C=O) groups excluding carboxylic acids is 2. The number of aliphatic hydroxyl groups is 2. The zero-order chi connectivity index (χ0) is 26.5. The highest BCUT2D eigenvalue weighted by molar-refractivity contribution is 6.04. The van der Waals surface area contributed by atoms with Crippen LogP contribution >= 0.6 is 0 Å². The molecule has 0 aliphatic heterocycles. The van der Waals surface area contributed by atoms with Crippen molar-refractivity contribution in [3.05, 3.63) is 11.6 Å². The number of carbonyl (C=O) groups is 2. The van der Waals surface area contributed by atoms with E-state index in [1.54, 1.807) is 0 Å². The van der Waals surface area contributed by atoms with Gasteiger partial charge in [0.15, 0.2) is 5.78 Å². The Balaban J connectivity index is 1.59. The van der Waals surface area contributed by atoms with Crippen molar-refractivity contribution in [1.82, 2.24) is 0 Å². The summed E-state index contributed by atoms with van der Waals surface area (Å²) in [5, 5.41) is 31.0. The van der Waals surface area contributed by atoms with Crippen LogP contribution in [0.3, 0.4) is 0 Å². The highest BCUT2D eigenvalue weighted by Gasteiger charge is 2.68. The average molecular weight is 496 g/mol. The molecule has 5 rings (SSSR count). The van der Waals surface area contributed by atoms with E-state index in [0.29, 0.717) is 12.2 Å². The van der Waals surface area contributed by atoms with Crippen LogP contribution in [0.5, 0.6) is 0 Å². The van der Waals surface area contributed by atoms with E-state index in [9.17, 15) is 25.1 Å². The molecule has 0 aromatic rings. The molecule has 0 aromatic carbocycles. The van der Waals surface area contributed by atoms with E-state index in [-0.39, 0.29) is 69.2 Å². The van der Waals surface area contributed by atoms with Gasteiger partial charge in [-0.3, -0.25) is 9.59 Å². The lowest BCUT2D eigenvalue weighted by Gasteiger charge is -2.68. The molecule has 4 fully saturated rings. The molecule has 0 bridgehead atoms. The van der Waals surface area contributed by atoms with Crippen LogP contribution in [0, 0.1) is 68.0 Å². The van der Waals surface area contributed by atoms with Crippen molar-refractivity contribution in [2.45, 2.75) is 99.0 Å². The number of nitriles is 1. The van der Waals surface area contributed by atoms with Gasteiger partial charge in [-0.05, 0) is 84.9 Å². The van der Waals surface area contributed by atoms with Gasteiger partial charge in [-0.2, -0.15) is 5.26 Å². The van der Waals surface area contributed by atoms with Gasteiger partial charge in [0.1, 0.15) is 11.9 Å². The summed E-state index contributed by atoms with van der Waals surface area (Å²) in [4.78, 5) is 27.4. The molecule has 9 atom stereocenters. The Kier molecular flexibility index (Phi) is 5.80. The van der Waals surface area contributed by atoms with Gasteiger partial charge < -0.3 is 10.2 Å². The second kappa shape index (κ2) is 8.00. The molecule has 5 aliphatic rings. The molecule has 4 saturated carbocycles. The zero-order valence-corrected chi connectivity index (χ0v) is 23.1. The highest BCUT2D eigenvalue weighted by atomic mass is 16.3. The number of Topliss-reactive ketones (excluding diaryl/α,β-unsaturated/α-hetero) is 2. The Morgan fingerprint density at radius 3 is 2.33 bits per heavy atom. The fraction of sp³-hybridized carbons (Fsp3) is 0.839. The lowest BCUT2D eigenvalue weighted by molar-refractivity contribution is -0.205. The van der Waals surface area contributed by atoms with Gasteiger partial charge in [-0.15, -0.1) is 0 Å². The van der Waals surface area contributed by atoms with E-state index < -0.39 is 11.5 Å². The van der Waals surface area contributed by atoms with Gasteiger partial charge in [0.25, 0.3) is 0 Å². The predicted molar refractivity (Wildman–Crippen MR) is 137 cm³/mol. The highest BCUT2D eigenvalue weighted by Crippen LogP contribution is 2.72. The van der Waals surface area contributed by atoms with Crippen LogP contribution in [0.25, 0.3) is 0 Å². The summed E-state index contributed by atoms with van der Waals surface area (Å²) < 4.78 is 0. The van der Waals surface area contributed by atoms with E-state index in [4.69, 9.17) is 0 Å². The van der Waals surface area contributed by atoms with Crippen LogP contribution in [-0.4, -0.2) is 34.5 Å². The quantitative estimate of drug-likeness (QED) is 0.545. The second-order valence-corrected chi connectivity index (χ2v) is 15.0. The fourth-order valence-electron chi connectivity index (χ4n) is 10.7. The first-order valence-corrected chi connectivity index (χ1v) is 14.2. The molecule has 0 amide bonds. The third-order valence-electron chi connectivity index (χ3n) is 12.6. The van der Waals surface area contributed by atoms with E-state index >= 15 is 0 Å². The summed E-state index contributed by atoms with van der Waals surface area (Å²) in [6.07, 6.45) is 8.11. The van der Waals surface area contributed by atoms with Gasteiger partial charge in [-0.1, -0.05) is 47.6 Å². The van der Waals surface area contributed by atoms with Crippen LogP contribution in [0.15, 0.2) is 11.6 Å². The maximum Gasteiger partial charge on any atom is 0.178 e. The summed E-state index contributed by atoms with van der Waals surface area (Å²) in [6, 6.07) is 2.19. The lowest BCUT2D eigenvalue weighted by atomic mass is 9.35. The SMILES string of the molecule is CC1(C)CCC2(C(O)CO)CCC3C(C(=O)CC4C5(C)C=C(C#N)C(=O)C(C)(C)C5CCC34C)C2C1. The molecular formula is C31H45NO4. The molecule has 36 heavy (non-hydrogen) atoms. The Labute approximate surface area is 216 Å². The molecule has 0 spiro atoms. The van der Waals surface area contributed by atoms with Gasteiger partial charge in [0, 0.05) is 23.2 Å². The summed E-state index contributed by atoms with van der Waals surface area (Å²) in [7, 11) is 0. The second-order valence-electron chi connectivity index (χ2n) is 15.0. The van der Waals surface area contributed by atoms with E-state index in [2.05, 4.69) is 33.8 Å². The van der Waals surface area contributed by atoms with Crippen LogP contribution in [-0.2, 0) is 9.59 Å². The van der Waals surface area contributed by atoms with E-state index in [1.807, 2.05) is 19.9 Å². The van der Waals surface area contributed by atoms with Crippen LogP contribution in [0.4, 0.5) is 0 Å². The number of ketones is 2. The van der Waals surface area contributed by atoms with Crippen LogP contribution < -0.4 is 0 Å². The number of hydrogen-bond acceptors (Lipinski definition) is 5. The van der Waals surface area contributed by atoms with Gasteiger partial charge >= 0.3 is 0 Å². The van der Waals surface area contributed by atoms with Crippen molar-refractivity contribution >= 4 is 11.6 Å². The normalized spacial score (nSPS) is 47.9. The summed E-state index contributed by atoms with van der Waals surface area (Å²) in [5.41, 5.74) is -1.05. The van der Waals surface area contributed by atoms with E-state index in [0.717, 1.165) is 44.9 Å². The van der Waals surface area contributed by atoms with Crippen LogP contribution in [0.2, 0.25) is 0 Å². The monoisotopic (exact) mass is 495 g/mol. The first-order chi connectivity index (χ1) is 16.7. The lowest BCUT2D eigenvalue weighted by Crippen LogP contribution is -2.66. The number of hydrogen-bond donors (Lipinski definition) is 2. The van der Waals surface area contributed by atoms with Crippen molar-refractivity contribution < 1.29 is 19.8 Å². The summed E-state index contributed by atoms with van der Waals surface area (Å²) in [6.45, 7) is 12.9. The maximum absolute atomic E-state index is 14.2. The third kappa shape index (κ3) is 3.25. The molecule has 5 aliphatic carbocycles. The molecule has 5 nitrogen and oxygen atoms in total. The first kappa shape index (κ1) is 26.1. The fourth-order valence-corrected chi connectivity index (χ4v) is 10.7. The molecular weight excluding hydrogens is 450 g/mol. The minimum Gasteiger partial charge on any atom is -0.394 e. The Morgan fingerprint density at radius 2 is 1.69 bits per heavy atom. The smallest absolute Gasteiger partial charge is 0.178 e. The standard InChI is InChI=1S/C31H45NO4/c1-27(2)11-12-31(24(35)17-33)10-7-19-25(20(31)15-27)21(34)13-23-29(19,5)9-8-22-28(3,4)26(36)18(16-32)14-30(22,23)6/h14,19-20,22-25,33,35H,7-13,15,17H2,1-6H3. The zero-order valence-electron chi connectivity index (χ0n) is 23.1. The molecule has 2 N–H and O–H groups in total. The number of nitrogens with zero attached hydrogens (tertiary/aromatic N) is 1. The number of fused-ring (bicyclic) bond motifs is 7. The van der Waals surface area contributed by atoms with E-state index in [1.165, 1.54) is 0 Å². The minimum atomic E-state index is -0.780. The number of aliphatic hydroxyl groups excluding tert-OH is 2. The third-order valence-corrected chi connectivity index (χ3v) is 12.6. The van der Waals surface area contributed by atoms with Crippen molar-refractivity contribution in [2.75, 3.05) is 6.61 Å². The van der Waals surface area contributed by atoms with Crippen molar-refractivity contribution in [2.24, 2.45) is 56.7 Å². The summed E-state index contributed by atoms with van der Waals surface area (Å²) >= 11 is 0. The molecule has 0 heterocycles. The Morgan fingerprint density at radius 1 is 1.00 bits per heavy atom.